The van der Waals surface area contributed by atoms with Gasteiger partial charge in [0, 0.05) is 5.82 Å². The molecule has 0 aromatic heterocycles. The molecule has 0 saturated carbocycles. The Labute approximate surface area is 88.9 Å². The van der Waals surface area contributed by atoms with Gasteiger partial charge in [0.15, 0.2) is 0 Å². The number of hydrogen-bond donors (Lipinski definition) is 3. The lowest BCUT2D eigenvalue weighted by atomic mass is 9.75. The molecular weight excluding hydrogens is 218 g/mol. The van der Waals surface area contributed by atoms with E-state index in [0.29, 0.717) is 6.42 Å². The minimum Gasteiger partial charge on any atom is -0.321 e. The highest BCUT2D eigenvalue weighted by molar-refractivity contribution is 7.55. The van der Waals surface area contributed by atoms with Gasteiger partial charge in [0.2, 0.25) is 0 Å². The van der Waals surface area contributed by atoms with Gasteiger partial charge in [0.1, 0.15) is 0 Å². The molecule has 3 atom stereocenters. The summed E-state index contributed by atoms with van der Waals surface area (Å²) in [5.74, 6) is 0.261. The zero-order chi connectivity index (χ0) is 11.5. The Hall–Kier alpha value is -0.385. The maximum absolute atomic E-state index is 10.6. The number of rotatable bonds is 3. The van der Waals surface area contributed by atoms with E-state index < -0.39 is 19.5 Å². The molecule has 1 rings (SSSR count). The average Bonchev–Trinajstić information content (AvgIpc) is 2.15. The molecule has 0 aromatic rings. The van der Waals surface area contributed by atoms with Crippen LogP contribution in [0.25, 0.3) is 0 Å². The molecule has 0 fully saturated rings. The van der Waals surface area contributed by atoms with Crippen LogP contribution in [0.4, 0.5) is 0 Å². The van der Waals surface area contributed by atoms with E-state index in [1.165, 1.54) is 6.08 Å². The molecule has 0 amide bonds. The highest BCUT2D eigenvalue weighted by Gasteiger charge is 2.23. The Balaban J connectivity index is 2.63. The van der Waals surface area contributed by atoms with E-state index >= 15 is 0 Å². The van der Waals surface area contributed by atoms with Crippen molar-refractivity contribution in [3.63, 3.8) is 0 Å². The summed E-state index contributed by atoms with van der Waals surface area (Å²) in [6, 6.07) is 0. The number of allylic oxidation sites excluding steroid dienone is 2. The Kier molecular flexibility index (Phi) is 4.31. The van der Waals surface area contributed by atoms with Crippen LogP contribution in [0, 0.1) is 5.92 Å². The average molecular weight is 230 g/mol. The Morgan fingerprint density at radius 2 is 2.13 bits per heavy atom. The van der Waals surface area contributed by atoms with Crippen LogP contribution in [0.15, 0.2) is 24.0 Å². The summed E-state index contributed by atoms with van der Waals surface area (Å²) >= 11 is 0. The Morgan fingerprint density at radius 1 is 1.47 bits per heavy atom. The van der Waals surface area contributed by atoms with Gasteiger partial charge in [0.25, 0.3) is 0 Å². The van der Waals surface area contributed by atoms with Crippen molar-refractivity contribution in [1.82, 2.24) is 0 Å². The topological polar surface area (TPSA) is 87.0 Å². The van der Waals surface area contributed by atoms with Gasteiger partial charge >= 0.3 is 7.60 Å². The summed E-state index contributed by atoms with van der Waals surface area (Å²) in [7, 11) is 1.46. The smallest absolute Gasteiger partial charge is 0.321 e. The largest absolute Gasteiger partial charge is 0.348 e. The molecule has 0 aliphatic heterocycles. The van der Waals surface area contributed by atoms with E-state index in [-0.39, 0.29) is 5.92 Å². The normalized spacial score (nSPS) is 32.3. The fraction of sp³-hybridized carbons (Fsp3) is 0.500. The van der Waals surface area contributed by atoms with Gasteiger partial charge in [-0.05, 0) is 18.2 Å². The van der Waals surface area contributed by atoms with Crippen LogP contribution < -0.4 is 0 Å². The third-order valence-corrected chi connectivity index (χ3v) is 2.74. The van der Waals surface area contributed by atoms with Crippen molar-refractivity contribution >= 4 is 15.4 Å². The van der Waals surface area contributed by atoms with Gasteiger partial charge in [-0.3, -0.25) is 9.82 Å². The van der Waals surface area contributed by atoms with Crippen LogP contribution in [0.5, 0.6) is 0 Å². The molecule has 3 unspecified atom stereocenters. The molecule has 0 aromatic carbocycles. The minimum absolute atomic E-state index is 0.186. The zero-order valence-corrected chi connectivity index (χ0v) is 8.83. The van der Waals surface area contributed by atoms with E-state index in [0.717, 1.165) is 5.82 Å². The zero-order valence-electron chi connectivity index (χ0n) is 7.93. The molecule has 2 radical (unpaired) electrons. The van der Waals surface area contributed by atoms with Crippen molar-refractivity contribution in [3.8, 4) is 0 Å². The fourth-order valence-corrected chi connectivity index (χ4v) is 1.82. The highest BCUT2D eigenvalue weighted by Crippen LogP contribution is 2.38. The first kappa shape index (κ1) is 12.7. The van der Waals surface area contributed by atoms with Crippen molar-refractivity contribution in [2.45, 2.75) is 18.3 Å². The summed E-state index contributed by atoms with van der Waals surface area (Å²) in [5, 5.41) is 8.52. The molecule has 1 aliphatic rings. The van der Waals surface area contributed by atoms with Gasteiger partial charge in [-0.25, -0.2) is 4.89 Å². The van der Waals surface area contributed by atoms with Crippen LogP contribution >= 0.6 is 7.60 Å². The Bertz CT molecular complexity index is 310. The second-order valence-electron chi connectivity index (χ2n) is 3.44. The molecule has 7 heteroatoms. The molecule has 82 valence electrons. The van der Waals surface area contributed by atoms with Crippen molar-refractivity contribution in [2.24, 2.45) is 5.92 Å². The SMILES string of the molecule is [B]C1C=CC(/C=C/P(=O)(O)O)CC1OO. The van der Waals surface area contributed by atoms with Crippen LogP contribution in [0.1, 0.15) is 6.42 Å². The lowest BCUT2D eigenvalue weighted by Gasteiger charge is -2.25. The van der Waals surface area contributed by atoms with Crippen molar-refractivity contribution in [1.29, 1.82) is 0 Å². The molecular formula is C8H12BO5P. The maximum atomic E-state index is 10.6. The first-order valence-electron chi connectivity index (χ1n) is 4.41. The quantitative estimate of drug-likeness (QED) is 0.222. The minimum atomic E-state index is -4.12. The van der Waals surface area contributed by atoms with Crippen LogP contribution in [0.3, 0.4) is 0 Å². The summed E-state index contributed by atoms with van der Waals surface area (Å²) in [5.41, 5.74) is 0. The van der Waals surface area contributed by atoms with Gasteiger partial charge in [0.05, 0.1) is 14.0 Å². The van der Waals surface area contributed by atoms with Crippen molar-refractivity contribution < 1.29 is 24.5 Å². The van der Waals surface area contributed by atoms with Gasteiger partial charge in [-0.15, -0.1) is 0 Å². The first-order valence-corrected chi connectivity index (χ1v) is 6.09. The monoisotopic (exact) mass is 230 g/mol. The first-order chi connectivity index (χ1) is 6.92. The summed E-state index contributed by atoms with van der Waals surface area (Å²) < 4.78 is 10.6. The molecule has 15 heavy (non-hydrogen) atoms. The van der Waals surface area contributed by atoms with E-state index in [4.69, 9.17) is 22.9 Å². The van der Waals surface area contributed by atoms with E-state index in [1.807, 2.05) is 0 Å². The third kappa shape index (κ3) is 4.32. The van der Waals surface area contributed by atoms with E-state index in [2.05, 4.69) is 4.89 Å². The summed E-state index contributed by atoms with van der Waals surface area (Å²) in [6.07, 6.45) is 4.60. The van der Waals surface area contributed by atoms with E-state index in [9.17, 15) is 4.57 Å². The fourth-order valence-electron chi connectivity index (χ4n) is 1.38. The van der Waals surface area contributed by atoms with Crippen molar-refractivity contribution in [2.75, 3.05) is 0 Å². The molecule has 0 bridgehead atoms. The maximum Gasteiger partial charge on any atom is 0.348 e. The van der Waals surface area contributed by atoms with Crippen molar-refractivity contribution in [3.05, 3.63) is 24.0 Å². The van der Waals surface area contributed by atoms with Crippen LogP contribution in [0.2, 0.25) is 5.82 Å². The molecule has 0 heterocycles. The predicted molar refractivity (Wildman–Crippen MR) is 55.4 cm³/mol. The number of hydrogen-bond acceptors (Lipinski definition) is 3. The molecule has 1 aliphatic carbocycles. The van der Waals surface area contributed by atoms with E-state index in [1.54, 1.807) is 12.2 Å². The third-order valence-electron chi connectivity index (χ3n) is 2.18. The van der Waals surface area contributed by atoms with Gasteiger partial charge < -0.3 is 9.79 Å². The lowest BCUT2D eigenvalue weighted by molar-refractivity contribution is -0.280. The highest BCUT2D eigenvalue weighted by atomic mass is 31.2. The van der Waals surface area contributed by atoms with Gasteiger partial charge in [-0.2, -0.15) is 0 Å². The second-order valence-corrected chi connectivity index (χ2v) is 4.91. The Morgan fingerprint density at radius 3 is 2.67 bits per heavy atom. The lowest BCUT2D eigenvalue weighted by Crippen LogP contribution is -2.23. The van der Waals surface area contributed by atoms with Gasteiger partial charge in [-0.1, -0.05) is 18.2 Å². The summed E-state index contributed by atoms with van der Waals surface area (Å²) in [6.45, 7) is 0. The predicted octanol–water partition coefficient (Wildman–Crippen LogP) is 1.07. The van der Waals surface area contributed by atoms with Crippen LogP contribution in [-0.2, 0) is 9.45 Å². The standard InChI is InChI=1S/C8H12BO5P/c9-7-2-1-6(5-8(7)14-10)3-4-15(11,12)13/h1-4,6-8,10H,5H2,(H2,11,12,13)/b4-3+. The van der Waals surface area contributed by atoms with Crippen LogP contribution in [-0.4, -0.2) is 29.0 Å². The molecule has 0 spiro atoms. The summed E-state index contributed by atoms with van der Waals surface area (Å²) in [4.78, 5) is 21.4. The second kappa shape index (κ2) is 5.10. The molecule has 0 saturated heterocycles. The molecule has 5 nitrogen and oxygen atoms in total. The molecule has 3 N–H and O–H groups in total.